The molecule has 0 aliphatic carbocycles. The molecule has 0 bridgehead atoms. The predicted octanol–water partition coefficient (Wildman–Crippen LogP) is 11.6. The van der Waals surface area contributed by atoms with E-state index in [1.54, 1.807) is 0 Å². The lowest BCUT2D eigenvalue weighted by atomic mass is 9.85. The Balaban J connectivity index is 1.35. The van der Waals surface area contributed by atoms with E-state index >= 15 is 0 Å². The lowest BCUT2D eigenvalue weighted by Gasteiger charge is -2.18. The van der Waals surface area contributed by atoms with Crippen molar-refractivity contribution in [2.75, 3.05) is 0 Å². The van der Waals surface area contributed by atoms with Crippen molar-refractivity contribution in [1.82, 2.24) is 0 Å². The molecular formula is C41H28. The van der Waals surface area contributed by atoms with Gasteiger partial charge in [-0.25, -0.2) is 0 Å². The van der Waals surface area contributed by atoms with Crippen LogP contribution in [0.1, 0.15) is 5.56 Å². The van der Waals surface area contributed by atoms with E-state index in [2.05, 4.69) is 159 Å². The van der Waals surface area contributed by atoms with Crippen molar-refractivity contribution in [3.05, 3.63) is 157 Å². The van der Waals surface area contributed by atoms with Gasteiger partial charge >= 0.3 is 0 Å². The van der Waals surface area contributed by atoms with Crippen LogP contribution < -0.4 is 0 Å². The van der Waals surface area contributed by atoms with Gasteiger partial charge in [-0.3, -0.25) is 0 Å². The molecule has 0 heterocycles. The summed E-state index contributed by atoms with van der Waals surface area (Å²) in [6, 6.07) is 55.6. The van der Waals surface area contributed by atoms with Gasteiger partial charge in [-0.2, -0.15) is 0 Å². The van der Waals surface area contributed by atoms with Crippen LogP contribution >= 0.6 is 0 Å². The van der Waals surface area contributed by atoms with Crippen LogP contribution in [0.4, 0.5) is 0 Å². The molecule has 0 spiro atoms. The molecule has 8 rings (SSSR count). The normalized spacial score (nSPS) is 11.5. The third kappa shape index (κ3) is 3.84. The van der Waals surface area contributed by atoms with Gasteiger partial charge in [0.1, 0.15) is 0 Å². The minimum Gasteiger partial charge on any atom is -0.0616 e. The number of hydrogen-bond acceptors (Lipinski definition) is 0. The smallest absolute Gasteiger partial charge is 0.00262 e. The highest BCUT2D eigenvalue weighted by Crippen LogP contribution is 2.44. The van der Waals surface area contributed by atoms with Gasteiger partial charge in [-0.1, -0.05) is 146 Å². The maximum absolute atomic E-state index is 2.34. The van der Waals surface area contributed by atoms with Gasteiger partial charge in [-0.15, -0.1) is 0 Å². The molecule has 8 aromatic carbocycles. The summed E-state index contributed by atoms with van der Waals surface area (Å²) in [7, 11) is 0. The van der Waals surface area contributed by atoms with E-state index in [1.807, 2.05) is 0 Å². The maximum atomic E-state index is 2.34. The zero-order valence-corrected chi connectivity index (χ0v) is 22.9. The van der Waals surface area contributed by atoms with E-state index in [0.717, 1.165) is 0 Å². The molecule has 0 saturated carbocycles. The number of fused-ring (bicyclic) bond motifs is 4. The van der Waals surface area contributed by atoms with Crippen molar-refractivity contribution in [1.29, 1.82) is 0 Å². The fraction of sp³-hybridized carbons (Fsp3) is 0.0244. The Bertz CT molecular complexity index is 2190. The lowest BCUT2D eigenvalue weighted by molar-refractivity contribution is 1.52. The van der Waals surface area contributed by atoms with E-state index in [4.69, 9.17) is 0 Å². The van der Waals surface area contributed by atoms with Crippen molar-refractivity contribution >= 4 is 43.1 Å². The molecule has 0 N–H and O–H groups in total. The fourth-order valence-corrected chi connectivity index (χ4v) is 6.61. The summed E-state index contributed by atoms with van der Waals surface area (Å²) >= 11 is 0. The topological polar surface area (TPSA) is 0 Å². The zero-order valence-electron chi connectivity index (χ0n) is 22.9. The van der Waals surface area contributed by atoms with Gasteiger partial charge < -0.3 is 0 Å². The molecule has 0 amide bonds. The van der Waals surface area contributed by atoms with Gasteiger partial charge in [0.2, 0.25) is 0 Å². The quantitative estimate of drug-likeness (QED) is 0.203. The van der Waals surface area contributed by atoms with Crippen LogP contribution in [0.2, 0.25) is 0 Å². The summed E-state index contributed by atoms with van der Waals surface area (Å²) in [6.45, 7) is 2.19. The molecule has 192 valence electrons. The Hall–Kier alpha value is -5.20. The molecule has 0 fully saturated rings. The first-order valence-corrected chi connectivity index (χ1v) is 14.3. The van der Waals surface area contributed by atoms with Crippen LogP contribution in [0, 0.1) is 6.92 Å². The fourth-order valence-electron chi connectivity index (χ4n) is 6.61. The number of aryl methyl sites for hydroxylation is 1. The molecule has 0 radical (unpaired) electrons. The third-order valence-electron chi connectivity index (χ3n) is 8.60. The van der Waals surface area contributed by atoms with Crippen LogP contribution in [0.5, 0.6) is 0 Å². The number of hydrogen-bond donors (Lipinski definition) is 0. The van der Waals surface area contributed by atoms with Gasteiger partial charge in [0, 0.05) is 0 Å². The van der Waals surface area contributed by atoms with Crippen LogP contribution in [-0.4, -0.2) is 0 Å². The average molecular weight is 521 g/mol. The molecule has 0 aliphatic heterocycles. The molecule has 0 aromatic heterocycles. The second-order valence-corrected chi connectivity index (χ2v) is 11.0. The highest BCUT2D eigenvalue weighted by atomic mass is 14.2. The Morgan fingerprint density at radius 2 is 0.780 bits per heavy atom. The monoisotopic (exact) mass is 520 g/mol. The summed E-state index contributed by atoms with van der Waals surface area (Å²) < 4.78 is 0. The highest BCUT2D eigenvalue weighted by Gasteiger charge is 2.17. The average Bonchev–Trinajstić information content (AvgIpc) is 3.04. The van der Waals surface area contributed by atoms with Crippen LogP contribution in [0.3, 0.4) is 0 Å². The van der Waals surface area contributed by atoms with Gasteiger partial charge in [-0.05, 0) is 95.0 Å². The minimum atomic E-state index is 1.24. The first kappa shape index (κ1) is 23.7. The molecular weight excluding hydrogens is 492 g/mol. The first-order chi connectivity index (χ1) is 20.3. The van der Waals surface area contributed by atoms with Crippen molar-refractivity contribution in [2.24, 2.45) is 0 Å². The number of rotatable bonds is 3. The SMILES string of the molecule is Cc1ccc(-c2ccc(-c3c4ccccc4c(-c4ccc5ccccc5c4)c4ccccc34)cc2)c2ccccc12. The molecule has 0 saturated heterocycles. The lowest BCUT2D eigenvalue weighted by Crippen LogP contribution is -1.91. The predicted molar refractivity (Wildman–Crippen MR) is 178 cm³/mol. The summed E-state index contributed by atoms with van der Waals surface area (Å²) in [5.74, 6) is 0. The van der Waals surface area contributed by atoms with E-state index in [-0.39, 0.29) is 0 Å². The minimum absolute atomic E-state index is 1.24. The van der Waals surface area contributed by atoms with Gasteiger partial charge in [0.25, 0.3) is 0 Å². The Labute approximate surface area is 240 Å². The van der Waals surface area contributed by atoms with Crippen molar-refractivity contribution in [3.8, 4) is 33.4 Å². The summed E-state index contributed by atoms with van der Waals surface area (Å²) in [5, 5.41) is 10.3. The second-order valence-electron chi connectivity index (χ2n) is 11.0. The molecule has 0 unspecified atom stereocenters. The molecule has 41 heavy (non-hydrogen) atoms. The molecule has 0 aliphatic rings. The second kappa shape index (κ2) is 9.47. The Morgan fingerprint density at radius 1 is 0.317 bits per heavy atom. The van der Waals surface area contributed by atoms with E-state index < -0.39 is 0 Å². The standard InChI is InChI=1S/C41H28/c1-27-18-25-34(35-13-5-4-12-33(27)35)29-20-22-30(23-21-29)40-36-14-6-8-16-38(36)41(39-17-9-7-15-37(39)40)32-24-19-28-10-2-3-11-31(28)26-32/h2-26H,1H3. The number of benzene rings is 8. The van der Waals surface area contributed by atoms with Gasteiger partial charge in [0.05, 0.1) is 0 Å². The van der Waals surface area contributed by atoms with E-state index in [9.17, 15) is 0 Å². The highest BCUT2D eigenvalue weighted by molar-refractivity contribution is 6.21. The Kier molecular flexibility index (Phi) is 5.47. The van der Waals surface area contributed by atoms with Crippen LogP contribution in [0.25, 0.3) is 76.5 Å². The summed E-state index contributed by atoms with van der Waals surface area (Å²) in [6.07, 6.45) is 0. The largest absolute Gasteiger partial charge is 0.0616 e. The Morgan fingerprint density at radius 3 is 1.41 bits per heavy atom. The molecule has 0 nitrogen and oxygen atoms in total. The van der Waals surface area contributed by atoms with Crippen molar-refractivity contribution in [3.63, 3.8) is 0 Å². The van der Waals surface area contributed by atoms with Crippen LogP contribution in [-0.2, 0) is 0 Å². The van der Waals surface area contributed by atoms with Crippen molar-refractivity contribution < 1.29 is 0 Å². The van der Waals surface area contributed by atoms with E-state index in [0.29, 0.717) is 0 Å². The van der Waals surface area contributed by atoms with Gasteiger partial charge in [0.15, 0.2) is 0 Å². The summed E-state index contributed by atoms with van der Waals surface area (Å²) in [5.41, 5.74) is 8.91. The van der Waals surface area contributed by atoms with Crippen molar-refractivity contribution in [2.45, 2.75) is 6.92 Å². The third-order valence-corrected chi connectivity index (χ3v) is 8.60. The zero-order chi connectivity index (χ0) is 27.3. The molecule has 8 aromatic rings. The molecule has 0 heteroatoms. The maximum Gasteiger partial charge on any atom is -0.00262 e. The van der Waals surface area contributed by atoms with E-state index in [1.165, 1.54) is 82.0 Å². The van der Waals surface area contributed by atoms with Crippen LogP contribution in [0.15, 0.2) is 152 Å². The first-order valence-electron chi connectivity index (χ1n) is 14.3. The molecule has 0 atom stereocenters. The summed E-state index contributed by atoms with van der Waals surface area (Å²) in [4.78, 5) is 0.